The number of benzene rings is 1. The van der Waals surface area contributed by atoms with E-state index in [0.29, 0.717) is 32.7 Å². The van der Waals surface area contributed by atoms with E-state index in [2.05, 4.69) is 17.4 Å². The van der Waals surface area contributed by atoms with Crippen LogP contribution in [0, 0.1) is 0 Å². The summed E-state index contributed by atoms with van der Waals surface area (Å²) in [4.78, 5) is 28.0. The Hall–Kier alpha value is -2.08. The smallest absolute Gasteiger partial charge is 0.319 e. The topological polar surface area (TPSA) is 61.9 Å². The van der Waals surface area contributed by atoms with E-state index in [1.165, 1.54) is 5.56 Å². The number of carbonyl (C=O) groups excluding carboxylic acids is 2. The van der Waals surface area contributed by atoms with Crippen LogP contribution < -0.4 is 5.32 Å². The van der Waals surface area contributed by atoms with Crippen LogP contribution in [-0.4, -0.2) is 68.2 Å². The minimum atomic E-state index is -0.00442. The number of nitrogens with one attached hydrogen (secondary N) is 1. The fourth-order valence-corrected chi connectivity index (χ4v) is 3.19. The highest BCUT2D eigenvalue weighted by Crippen LogP contribution is 2.15. The third-order valence-electron chi connectivity index (χ3n) is 4.65. The molecule has 3 amide bonds. The van der Waals surface area contributed by atoms with E-state index >= 15 is 0 Å². The molecule has 1 aliphatic rings. The van der Waals surface area contributed by atoms with Crippen molar-refractivity contribution in [1.82, 2.24) is 15.1 Å². The van der Waals surface area contributed by atoms with Gasteiger partial charge in [-0.3, -0.25) is 4.79 Å². The normalized spacial score (nSPS) is 14.7. The van der Waals surface area contributed by atoms with Gasteiger partial charge in [0.1, 0.15) is 0 Å². The molecule has 1 saturated heterocycles. The maximum absolute atomic E-state index is 12.4. The zero-order valence-electron chi connectivity index (χ0n) is 15.9. The average Bonchev–Trinajstić information content (AvgIpc) is 2.66. The van der Waals surface area contributed by atoms with Crippen LogP contribution in [0.25, 0.3) is 0 Å². The first-order valence-corrected chi connectivity index (χ1v) is 9.44. The number of urea groups is 1. The van der Waals surface area contributed by atoms with Gasteiger partial charge in [-0.1, -0.05) is 30.3 Å². The van der Waals surface area contributed by atoms with Crippen LogP contribution >= 0.6 is 0 Å². The van der Waals surface area contributed by atoms with E-state index in [-0.39, 0.29) is 18.0 Å². The Morgan fingerprint density at radius 2 is 1.85 bits per heavy atom. The van der Waals surface area contributed by atoms with Crippen molar-refractivity contribution in [3.05, 3.63) is 35.9 Å². The molecule has 1 fully saturated rings. The van der Waals surface area contributed by atoms with Gasteiger partial charge in [0.05, 0.1) is 0 Å². The summed E-state index contributed by atoms with van der Waals surface area (Å²) < 4.78 is 5.39. The first-order valence-electron chi connectivity index (χ1n) is 9.44. The number of aryl methyl sites for hydroxylation is 1. The summed E-state index contributed by atoms with van der Waals surface area (Å²) >= 11 is 0. The lowest BCUT2D eigenvalue weighted by atomic mass is 10.1. The van der Waals surface area contributed by atoms with Gasteiger partial charge in [0.15, 0.2) is 0 Å². The standard InChI is InChI=1S/C20H31N3O3/c1-22(2)20(25)23(18-11-15-26-16-12-18)14-13-21-19(24)10-6-9-17-7-4-3-5-8-17/h3-5,7-8,18H,6,9-16H2,1-2H3,(H,21,24). The van der Waals surface area contributed by atoms with E-state index in [1.807, 2.05) is 23.1 Å². The molecule has 0 unspecified atom stereocenters. The van der Waals surface area contributed by atoms with Crippen molar-refractivity contribution >= 4 is 11.9 Å². The van der Waals surface area contributed by atoms with E-state index in [1.54, 1.807) is 19.0 Å². The number of amides is 3. The number of hydrogen-bond donors (Lipinski definition) is 1. The Morgan fingerprint density at radius 1 is 1.15 bits per heavy atom. The molecular formula is C20H31N3O3. The molecule has 26 heavy (non-hydrogen) atoms. The number of rotatable bonds is 8. The van der Waals surface area contributed by atoms with E-state index < -0.39 is 0 Å². The molecule has 6 heteroatoms. The molecule has 0 aromatic heterocycles. The van der Waals surface area contributed by atoms with Crippen molar-refractivity contribution < 1.29 is 14.3 Å². The maximum Gasteiger partial charge on any atom is 0.319 e. The monoisotopic (exact) mass is 361 g/mol. The van der Waals surface area contributed by atoms with E-state index in [0.717, 1.165) is 25.7 Å². The summed E-state index contributed by atoms with van der Waals surface area (Å²) in [6.07, 6.45) is 3.95. The van der Waals surface area contributed by atoms with Crippen LogP contribution in [0.2, 0.25) is 0 Å². The minimum Gasteiger partial charge on any atom is -0.381 e. The Kier molecular flexibility index (Phi) is 8.41. The van der Waals surface area contributed by atoms with E-state index in [9.17, 15) is 9.59 Å². The lowest BCUT2D eigenvalue weighted by Crippen LogP contribution is -2.50. The van der Waals surface area contributed by atoms with Crippen molar-refractivity contribution in [3.63, 3.8) is 0 Å². The molecular weight excluding hydrogens is 330 g/mol. The van der Waals surface area contributed by atoms with E-state index in [4.69, 9.17) is 4.74 Å². The van der Waals surface area contributed by atoms with Crippen molar-refractivity contribution in [2.75, 3.05) is 40.4 Å². The SMILES string of the molecule is CN(C)C(=O)N(CCNC(=O)CCCc1ccccc1)C1CCOCC1. The molecule has 0 aliphatic carbocycles. The predicted octanol–water partition coefficient (Wildman–Crippen LogP) is 2.29. The second-order valence-electron chi connectivity index (χ2n) is 6.90. The highest BCUT2D eigenvalue weighted by molar-refractivity contribution is 5.76. The van der Waals surface area contributed by atoms with Crippen LogP contribution in [0.1, 0.15) is 31.2 Å². The fourth-order valence-electron chi connectivity index (χ4n) is 3.19. The molecule has 1 aromatic carbocycles. The number of ether oxygens (including phenoxy) is 1. The van der Waals surface area contributed by atoms with Gasteiger partial charge in [0.2, 0.25) is 5.91 Å². The van der Waals surface area contributed by atoms with Crippen LogP contribution in [0.15, 0.2) is 30.3 Å². The molecule has 0 atom stereocenters. The predicted molar refractivity (Wildman–Crippen MR) is 102 cm³/mol. The van der Waals surface area contributed by atoms with Crippen molar-refractivity contribution in [2.45, 2.75) is 38.1 Å². The fraction of sp³-hybridized carbons (Fsp3) is 0.600. The van der Waals surface area contributed by atoms with Crippen molar-refractivity contribution in [1.29, 1.82) is 0 Å². The first-order chi connectivity index (χ1) is 12.6. The molecule has 0 bridgehead atoms. The third-order valence-corrected chi connectivity index (χ3v) is 4.65. The zero-order valence-corrected chi connectivity index (χ0v) is 15.9. The first kappa shape index (κ1) is 20.2. The van der Waals surface area contributed by atoms with Gasteiger partial charge >= 0.3 is 6.03 Å². The number of hydrogen-bond acceptors (Lipinski definition) is 3. The summed E-state index contributed by atoms with van der Waals surface area (Å²) in [5.74, 6) is 0.0464. The molecule has 0 spiro atoms. The highest BCUT2D eigenvalue weighted by Gasteiger charge is 2.26. The number of carbonyl (C=O) groups is 2. The molecule has 6 nitrogen and oxygen atoms in total. The molecule has 144 valence electrons. The van der Waals surface area contributed by atoms with Crippen LogP contribution in [-0.2, 0) is 16.0 Å². The van der Waals surface area contributed by atoms with Crippen molar-refractivity contribution in [2.24, 2.45) is 0 Å². The van der Waals surface area contributed by atoms with Gasteiger partial charge < -0.3 is 19.9 Å². The Morgan fingerprint density at radius 3 is 2.50 bits per heavy atom. The summed E-state index contributed by atoms with van der Waals surface area (Å²) in [6, 6.07) is 10.4. The third kappa shape index (κ3) is 6.67. The zero-order chi connectivity index (χ0) is 18.8. The van der Waals surface area contributed by atoms with Gasteiger partial charge in [-0.05, 0) is 31.2 Å². The summed E-state index contributed by atoms with van der Waals surface area (Å²) in [5.41, 5.74) is 1.25. The van der Waals surface area contributed by atoms with Crippen LogP contribution in [0.3, 0.4) is 0 Å². The maximum atomic E-state index is 12.4. The molecule has 0 radical (unpaired) electrons. The summed E-state index contributed by atoms with van der Waals surface area (Å²) in [6.45, 7) is 2.40. The number of nitrogens with zero attached hydrogens (tertiary/aromatic N) is 2. The molecule has 2 rings (SSSR count). The Bertz CT molecular complexity index is 557. The van der Waals surface area contributed by atoms with Crippen molar-refractivity contribution in [3.8, 4) is 0 Å². The van der Waals surface area contributed by atoms with Gasteiger partial charge in [-0.25, -0.2) is 4.79 Å². The molecule has 1 aromatic rings. The van der Waals surface area contributed by atoms with Crippen LogP contribution in [0.4, 0.5) is 4.79 Å². The van der Waals surface area contributed by atoms with Gasteiger partial charge in [-0.2, -0.15) is 0 Å². The average molecular weight is 361 g/mol. The Labute approximate surface area is 156 Å². The van der Waals surface area contributed by atoms with Crippen LogP contribution in [0.5, 0.6) is 0 Å². The summed E-state index contributed by atoms with van der Waals surface area (Å²) in [7, 11) is 3.52. The second-order valence-corrected chi connectivity index (χ2v) is 6.90. The molecule has 1 N–H and O–H groups in total. The second kappa shape index (κ2) is 10.8. The molecule has 0 saturated carbocycles. The quantitative estimate of drug-likeness (QED) is 0.773. The molecule has 1 aliphatic heterocycles. The lowest BCUT2D eigenvalue weighted by molar-refractivity contribution is -0.121. The Balaban J connectivity index is 1.71. The largest absolute Gasteiger partial charge is 0.381 e. The molecule has 1 heterocycles. The van der Waals surface area contributed by atoms with Gasteiger partial charge in [0.25, 0.3) is 0 Å². The minimum absolute atomic E-state index is 0.00442. The van der Waals surface area contributed by atoms with Gasteiger partial charge in [-0.15, -0.1) is 0 Å². The highest BCUT2D eigenvalue weighted by atomic mass is 16.5. The van der Waals surface area contributed by atoms with Gasteiger partial charge in [0, 0.05) is 52.9 Å². The summed E-state index contributed by atoms with van der Waals surface area (Å²) in [5, 5.41) is 2.95. The lowest BCUT2D eigenvalue weighted by Gasteiger charge is -2.36.